The van der Waals surface area contributed by atoms with E-state index < -0.39 is 15.6 Å². The number of hydrogen-bond donors (Lipinski definition) is 0. The summed E-state index contributed by atoms with van der Waals surface area (Å²) in [6.07, 6.45) is 0.799. The average Bonchev–Trinajstić information content (AvgIpc) is 1.93. The summed E-state index contributed by atoms with van der Waals surface area (Å²) in [5.74, 6) is 0. The van der Waals surface area contributed by atoms with Crippen molar-refractivity contribution in [2.75, 3.05) is 20.5 Å². The largest absolute Gasteiger partial charge is 0.398 e. The third kappa shape index (κ3) is 10.9. The molecule has 0 aromatic carbocycles. The molecular weight excluding hydrogens is 151 g/mol. The van der Waals surface area contributed by atoms with Gasteiger partial charge in [0.1, 0.15) is 6.30 Å². The maximum atomic E-state index is 11.5. The number of halogens is 1. The van der Waals surface area contributed by atoms with Crippen LogP contribution in [0.1, 0.15) is 20.3 Å². The lowest BCUT2D eigenvalue weighted by atomic mass is 10.6. The van der Waals surface area contributed by atoms with Crippen LogP contribution in [0.5, 0.6) is 0 Å². The van der Waals surface area contributed by atoms with Gasteiger partial charge in [0, 0.05) is 14.2 Å². The third-order valence-corrected chi connectivity index (χ3v) is 1.96. The minimum absolute atomic E-state index is 0.451. The fourth-order valence-corrected chi connectivity index (χ4v) is 0.667. The van der Waals surface area contributed by atoms with E-state index in [1.165, 1.54) is 20.6 Å². The fraction of sp³-hybridized carbons (Fsp3) is 1.00. The van der Waals surface area contributed by atoms with Gasteiger partial charge in [0.2, 0.25) is 0 Å². The zero-order valence-electron chi connectivity index (χ0n) is 7.19. The molecule has 2 nitrogen and oxygen atoms in total. The van der Waals surface area contributed by atoms with Crippen molar-refractivity contribution in [1.82, 2.24) is 0 Å². The van der Waals surface area contributed by atoms with Crippen molar-refractivity contribution < 1.29 is 13.2 Å². The topological polar surface area (TPSA) is 18.5 Å². The standard InChI is InChI=1S/C3H9FO2Si.C3H8/c1-5-7(3-4)6-2;1-3-2/h7H,3H2,1-2H3;3H2,1-2H3. The molecule has 0 spiro atoms. The normalized spacial score (nSPS) is 9.00. The van der Waals surface area contributed by atoms with Gasteiger partial charge in [0.15, 0.2) is 0 Å². The molecule has 4 heteroatoms. The highest BCUT2D eigenvalue weighted by Gasteiger charge is 2.05. The molecule has 0 fully saturated rings. The second-order valence-electron chi connectivity index (χ2n) is 1.76. The molecule has 0 unspecified atom stereocenters. The van der Waals surface area contributed by atoms with Crippen molar-refractivity contribution in [3.05, 3.63) is 0 Å². The van der Waals surface area contributed by atoms with Gasteiger partial charge in [-0.1, -0.05) is 20.3 Å². The molecular formula is C6H17FO2Si. The molecule has 0 rings (SSSR count). The lowest BCUT2D eigenvalue weighted by molar-refractivity contribution is 0.262. The molecule has 0 aliphatic heterocycles. The first-order chi connectivity index (χ1) is 4.76. The first-order valence-electron chi connectivity index (χ1n) is 3.38. The van der Waals surface area contributed by atoms with Gasteiger partial charge in [-0.2, -0.15) is 0 Å². The van der Waals surface area contributed by atoms with E-state index >= 15 is 0 Å². The Labute approximate surface area is 64.2 Å². The van der Waals surface area contributed by atoms with Crippen LogP contribution < -0.4 is 0 Å². The Morgan fingerprint density at radius 1 is 1.20 bits per heavy atom. The zero-order valence-corrected chi connectivity index (χ0v) is 8.34. The molecule has 0 saturated heterocycles. The van der Waals surface area contributed by atoms with Crippen LogP contribution in [0, 0.1) is 0 Å². The summed E-state index contributed by atoms with van der Waals surface area (Å²) in [4.78, 5) is 0. The monoisotopic (exact) mass is 168 g/mol. The van der Waals surface area contributed by atoms with Crippen LogP contribution in [0.4, 0.5) is 4.39 Å². The van der Waals surface area contributed by atoms with E-state index in [1.54, 1.807) is 0 Å². The van der Waals surface area contributed by atoms with Gasteiger partial charge in [-0.15, -0.1) is 0 Å². The van der Waals surface area contributed by atoms with Crippen LogP contribution in [0.2, 0.25) is 0 Å². The highest BCUT2D eigenvalue weighted by molar-refractivity contribution is 6.43. The maximum absolute atomic E-state index is 11.5. The summed E-state index contributed by atoms with van der Waals surface area (Å²) >= 11 is 0. The summed E-state index contributed by atoms with van der Waals surface area (Å²) in [7, 11) is 1.08. The van der Waals surface area contributed by atoms with Gasteiger partial charge in [-0.05, 0) is 0 Å². The Kier molecular flexibility index (Phi) is 15.0. The Hall–Kier alpha value is 0.0669. The van der Waals surface area contributed by atoms with E-state index in [1.807, 2.05) is 0 Å². The molecule has 0 atom stereocenters. The van der Waals surface area contributed by atoms with Gasteiger partial charge in [-0.3, -0.25) is 0 Å². The van der Waals surface area contributed by atoms with E-state index in [9.17, 15) is 4.39 Å². The molecule has 0 radical (unpaired) electrons. The van der Waals surface area contributed by atoms with Crippen molar-refractivity contribution in [3.8, 4) is 0 Å². The van der Waals surface area contributed by atoms with Crippen LogP contribution in [0.25, 0.3) is 0 Å². The number of hydrogen-bond acceptors (Lipinski definition) is 2. The van der Waals surface area contributed by atoms with Crippen LogP contribution in [-0.2, 0) is 8.85 Å². The molecule has 64 valence electrons. The lowest BCUT2D eigenvalue weighted by Gasteiger charge is -2.03. The van der Waals surface area contributed by atoms with E-state index in [0.717, 1.165) is 0 Å². The van der Waals surface area contributed by atoms with Gasteiger partial charge in [-0.25, -0.2) is 4.39 Å². The minimum Gasteiger partial charge on any atom is -0.398 e. The van der Waals surface area contributed by atoms with Crippen molar-refractivity contribution in [1.29, 1.82) is 0 Å². The van der Waals surface area contributed by atoms with Crippen LogP contribution in [0.3, 0.4) is 0 Å². The van der Waals surface area contributed by atoms with E-state index in [4.69, 9.17) is 0 Å². The average molecular weight is 168 g/mol. The predicted molar refractivity (Wildman–Crippen MR) is 43.1 cm³/mol. The summed E-state index contributed by atoms with van der Waals surface area (Å²) in [5.41, 5.74) is 0. The molecule has 0 amide bonds. The number of rotatable bonds is 3. The third-order valence-electron chi connectivity index (χ3n) is 0.652. The van der Waals surface area contributed by atoms with Gasteiger partial charge >= 0.3 is 9.28 Å². The highest BCUT2D eigenvalue weighted by Crippen LogP contribution is 1.82. The van der Waals surface area contributed by atoms with Gasteiger partial charge < -0.3 is 8.85 Å². The van der Waals surface area contributed by atoms with Crippen molar-refractivity contribution in [2.45, 2.75) is 20.3 Å². The van der Waals surface area contributed by atoms with Gasteiger partial charge in [0.25, 0.3) is 0 Å². The number of alkyl halides is 1. The highest BCUT2D eigenvalue weighted by atomic mass is 28.3. The van der Waals surface area contributed by atoms with E-state index in [2.05, 4.69) is 22.7 Å². The van der Waals surface area contributed by atoms with Crippen molar-refractivity contribution >= 4 is 9.28 Å². The van der Waals surface area contributed by atoms with E-state index in [-0.39, 0.29) is 0 Å². The van der Waals surface area contributed by atoms with Crippen molar-refractivity contribution in [3.63, 3.8) is 0 Å². The first-order valence-corrected chi connectivity index (χ1v) is 5.14. The SMILES string of the molecule is CCC.CO[SiH](CF)OC. The molecule has 0 aliphatic carbocycles. The van der Waals surface area contributed by atoms with Crippen molar-refractivity contribution in [2.24, 2.45) is 0 Å². The Morgan fingerprint density at radius 3 is 1.50 bits per heavy atom. The van der Waals surface area contributed by atoms with Crippen LogP contribution in [-0.4, -0.2) is 29.8 Å². The molecule has 0 bridgehead atoms. The quantitative estimate of drug-likeness (QED) is 0.593. The molecule has 0 aliphatic rings. The Bertz CT molecular complexity index is 45.5. The summed E-state index contributed by atoms with van der Waals surface area (Å²) in [6.45, 7) is 4.25. The minimum atomic E-state index is -1.84. The first kappa shape index (κ1) is 12.7. The van der Waals surface area contributed by atoms with Crippen LogP contribution in [0.15, 0.2) is 0 Å². The molecule has 0 saturated carbocycles. The predicted octanol–water partition coefficient (Wildman–Crippen LogP) is 1.42. The Balaban J connectivity index is 0. The molecule has 0 aromatic heterocycles. The maximum Gasteiger partial charge on any atom is 0.353 e. The fourth-order valence-electron chi connectivity index (χ4n) is 0.222. The molecule has 10 heavy (non-hydrogen) atoms. The zero-order chi connectivity index (χ0) is 8.41. The Morgan fingerprint density at radius 2 is 1.50 bits per heavy atom. The molecule has 0 N–H and O–H groups in total. The summed E-state index contributed by atoms with van der Waals surface area (Å²) in [5, 5.41) is 0. The molecule has 0 aromatic rings. The lowest BCUT2D eigenvalue weighted by Crippen LogP contribution is -2.21. The second kappa shape index (κ2) is 11.8. The summed E-state index contributed by atoms with van der Waals surface area (Å²) < 4.78 is 20.7. The summed E-state index contributed by atoms with van der Waals surface area (Å²) in [6, 6.07) is 0. The van der Waals surface area contributed by atoms with Crippen LogP contribution >= 0.6 is 0 Å². The second-order valence-corrected chi connectivity index (χ2v) is 3.87. The van der Waals surface area contributed by atoms with Gasteiger partial charge in [0.05, 0.1) is 0 Å². The van der Waals surface area contributed by atoms with E-state index in [0.29, 0.717) is 0 Å². The molecule has 0 heterocycles. The smallest absolute Gasteiger partial charge is 0.353 e.